The van der Waals surface area contributed by atoms with Gasteiger partial charge in [-0.15, -0.1) is 0 Å². The van der Waals surface area contributed by atoms with E-state index in [1.165, 1.54) is 25.7 Å². The van der Waals surface area contributed by atoms with E-state index in [1.54, 1.807) is 34.6 Å². The number of hydrogen-bond donors (Lipinski definition) is 3. The summed E-state index contributed by atoms with van der Waals surface area (Å²) in [5.74, 6) is -5.92. The fourth-order valence-corrected chi connectivity index (χ4v) is 5.90. The summed E-state index contributed by atoms with van der Waals surface area (Å²) in [7, 11) is 0. The maximum absolute atomic E-state index is 14.4. The lowest BCUT2D eigenvalue weighted by atomic mass is 9.95. The molecule has 2 saturated heterocycles. The molecular weight excluding hydrogens is 688 g/mol. The third-order valence-corrected chi connectivity index (χ3v) is 7.98. The zero-order valence-electron chi connectivity index (χ0n) is 31.8. The molecule has 0 unspecified atom stereocenters. The van der Waals surface area contributed by atoms with E-state index in [9.17, 15) is 38.4 Å². The largest absolute Gasteiger partial charge is 0.463 e. The van der Waals surface area contributed by atoms with E-state index in [0.29, 0.717) is 12.8 Å². The average molecular weight is 743 g/mol. The molecule has 4 amide bonds. The Kier molecular flexibility index (Phi) is 16.0. The summed E-state index contributed by atoms with van der Waals surface area (Å²) in [6.45, 7) is 15.3. The zero-order chi connectivity index (χ0) is 39.7. The minimum absolute atomic E-state index is 0.151. The molecule has 0 radical (unpaired) electrons. The molecule has 2 heterocycles. The van der Waals surface area contributed by atoms with Crippen LogP contribution in [-0.4, -0.2) is 126 Å². The van der Waals surface area contributed by atoms with E-state index in [4.69, 9.17) is 28.4 Å². The third-order valence-electron chi connectivity index (χ3n) is 7.98. The van der Waals surface area contributed by atoms with Crippen LogP contribution < -0.4 is 16.0 Å². The van der Waals surface area contributed by atoms with Gasteiger partial charge in [0.2, 0.25) is 23.6 Å². The van der Waals surface area contributed by atoms with E-state index < -0.39 is 121 Å². The van der Waals surface area contributed by atoms with Gasteiger partial charge in [-0.25, -0.2) is 4.79 Å². The quantitative estimate of drug-likeness (QED) is 0.158. The molecule has 0 spiro atoms. The average Bonchev–Trinajstić information content (AvgIpc) is 3.49. The number of hydrogen-bond acceptors (Lipinski definition) is 14. The molecule has 294 valence electrons. The lowest BCUT2D eigenvalue weighted by Gasteiger charge is -2.46. The van der Waals surface area contributed by atoms with E-state index >= 15 is 0 Å². The van der Waals surface area contributed by atoms with Crippen LogP contribution in [0.1, 0.15) is 89.0 Å². The number of amides is 4. The Morgan fingerprint density at radius 1 is 0.808 bits per heavy atom. The fourth-order valence-electron chi connectivity index (χ4n) is 5.90. The van der Waals surface area contributed by atoms with Crippen LogP contribution in [0.4, 0.5) is 0 Å². The summed E-state index contributed by atoms with van der Waals surface area (Å²) < 4.78 is 34.0. The van der Waals surface area contributed by atoms with Gasteiger partial charge < -0.3 is 49.3 Å². The van der Waals surface area contributed by atoms with Crippen LogP contribution in [-0.2, 0) is 66.8 Å². The van der Waals surface area contributed by atoms with Crippen molar-refractivity contribution in [2.75, 3.05) is 13.2 Å². The van der Waals surface area contributed by atoms with Crippen LogP contribution in [0, 0.1) is 5.92 Å². The fraction of sp³-hybridized carbons (Fsp3) is 0.765. The summed E-state index contributed by atoms with van der Waals surface area (Å²) in [6, 6.07) is -4.92. The number of rotatable bonds is 14. The Bertz CT molecular complexity index is 1350. The molecule has 9 atom stereocenters. The molecule has 0 aromatic rings. The predicted molar refractivity (Wildman–Crippen MR) is 180 cm³/mol. The van der Waals surface area contributed by atoms with Gasteiger partial charge in [-0.1, -0.05) is 13.8 Å². The topological polar surface area (TPSA) is 231 Å². The van der Waals surface area contributed by atoms with Gasteiger partial charge in [-0.3, -0.25) is 33.6 Å². The second-order valence-electron chi connectivity index (χ2n) is 14.2. The summed E-state index contributed by atoms with van der Waals surface area (Å²) in [4.78, 5) is 103. The first kappa shape index (κ1) is 43.8. The predicted octanol–water partition coefficient (Wildman–Crippen LogP) is 0.0258. The molecule has 2 fully saturated rings. The highest BCUT2D eigenvalue weighted by atomic mass is 16.7. The van der Waals surface area contributed by atoms with E-state index in [2.05, 4.69) is 16.0 Å². The Morgan fingerprint density at radius 2 is 1.40 bits per heavy atom. The van der Waals surface area contributed by atoms with Crippen LogP contribution in [0.2, 0.25) is 0 Å². The standard InChI is InChI=1S/C34H54N4O14/c1-16(2)25(35-18(4)39)30(44)37-26(31(45)38-14-12-13-23(38)32(46)52-34(9,10)11)17(3)48-33-27(36-19(5)40)29(50-22(8)43)28(49-21(7)42)24(51-33)15-47-20(6)41/h16-17,23-29,33H,12-15H2,1-11H3,(H,35,39)(H,36,40)(H,37,44)/t17-,23+,24-,25+,26+,27-,28+,29-,33+/m1/s1. The number of esters is 4. The van der Waals surface area contributed by atoms with Gasteiger partial charge in [0.1, 0.15) is 42.5 Å². The van der Waals surface area contributed by atoms with E-state index in [1.807, 2.05) is 0 Å². The van der Waals surface area contributed by atoms with Crippen molar-refractivity contribution in [1.82, 2.24) is 20.9 Å². The van der Waals surface area contributed by atoms with Crippen LogP contribution in [0.5, 0.6) is 0 Å². The number of nitrogens with zero attached hydrogens (tertiary/aromatic N) is 1. The van der Waals surface area contributed by atoms with Crippen molar-refractivity contribution in [2.24, 2.45) is 5.92 Å². The van der Waals surface area contributed by atoms with E-state index in [-0.39, 0.29) is 6.54 Å². The first-order valence-corrected chi connectivity index (χ1v) is 17.2. The second-order valence-corrected chi connectivity index (χ2v) is 14.2. The lowest BCUT2D eigenvalue weighted by molar-refractivity contribution is -0.287. The van der Waals surface area contributed by atoms with Crippen molar-refractivity contribution in [3.63, 3.8) is 0 Å². The van der Waals surface area contributed by atoms with Crippen LogP contribution in [0.15, 0.2) is 0 Å². The first-order chi connectivity index (χ1) is 24.0. The minimum atomic E-state index is -1.57. The van der Waals surface area contributed by atoms with E-state index in [0.717, 1.165) is 20.8 Å². The van der Waals surface area contributed by atoms with Gasteiger partial charge in [0, 0.05) is 41.2 Å². The Labute approximate surface area is 303 Å². The maximum atomic E-state index is 14.4. The van der Waals surface area contributed by atoms with Crippen LogP contribution in [0.25, 0.3) is 0 Å². The highest BCUT2D eigenvalue weighted by molar-refractivity contribution is 5.94. The molecule has 0 aromatic carbocycles. The highest BCUT2D eigenvalue weighted by Crippen LogP contribution is 2.30. The lowest BCUT2D eigenvalue weighted by Crippen LogP contribution is -2.68. The molecule has 3 N–H and O–H groups in total. The molecule has 2 rings (SSSR count). The molecule has 2 aliphatic rings. The van der Waals surface area contributed by atoms with Crippen LogP contribution >= 0.6 is 0 Å². The Morgan fingerprint density at radius 3 is 1.90 bits per heavy atom. The molecule has 18 heteroatoms. The summed E-state index contributed by atoms with van der Waals surface area (Å²) in [5, 5.41) is 7.83. The molecular formula is C34H54N4O14. The molecule has 0 bridgehead atoms. The number of ether oxygens (including phenoxy) is 6. The second kappa shape index (κ2) is 19.0. The Hall–Kier alpha value is -4.32. The molecule has 0 aliphatic carbocycles. The summed E-state index contributed by atoms with van der Waals surface area (Å²) in [6.07, 6.45) is -6.26. The third kappa shape index (κ3) is 13.0. The normalized spacial score (nSPS) is 24.8. The molecule has 0 aromatic heterocycles. The van der Waals surface area contributed by atoms with Crippen molar-refractivity contribution < 1.29 is 66.8 Å². The van der Waals surface area contributed by atoms with Gasteiger partial charge in [-0.2, -0.15) is 0 Å². The zero-order valence-corrected chi connectivity index (χ0v) is 31.8. The number of likely N-dealkylation sites (tertiary alicyclic amines) is 1. The van der Waals surface area contributed by atoms with Crippen LogP contribution in [0.3, 0.4) is 0 Å². The number of carbonyl (C=O) groups excluding carboxylic acids is 8. The summed E-state index contributed by atoms with van der Waals surface area (Å²) in [5.41, 5.74) is -0.844. The van der Waals surface area contributed by atoms with Gasteiger partial charge in [-0.05, 0) is 46.5 Å². The van der Waals surface area contributed by atoms with Crippen molar-refractivity contribution in [3.05, 3.63) is 0 Å². The van der Waals surface area contributed by atoms with Gasteiger partial charge >= 0.3 is 23.9 Å². The van der Waals surface area contributed by atoms with Crippen molar-refractivity contribution in [2.45, 2.75) is 149 Å². The van der Waals surface area contributed by atoms with Crippen molar-refractivity contribution >= 4 is 47.5 Å². The number of carbonyl (C=O) groups is 8. The summed E-state index contributed by atoms with van der Waals surface area (Å²) >= 11 is 0. The van der Waals surface area contributed by atoms with Gasteiger partial charge in [0.25, 0.3) is 0 Å². The highest BCUT2D eigenvalue weighted by Gasteiger charge is 2.53. The minimum Gasteiger partial charge on any atom is -0.463 e. The molecule has 2 aliphatic heterocycles. The molecule has 52 heavy (non-hydrogen) atoms. The molecule has 18 nitrogen and oxygen atoms in total. The SMILES string of the molecule is CC(=O)N[C@H]1[C@@H](O[C@H](C)[C@H](NC(=O)[C@@H](NC(C)=O)C(C)C)C(=O)N2CCC[C@H]2C(=O)OC(C)(C)C)O[C@H](COC(C)=O)[C@H](OC(C)=O)[C@@H]1OC(C)=O. The monoisotopic (exact) mass is 742 g/mol. The molecule has 0 saturated carbocycles. The number of nitrogens with one attached hydrogen (secondary N) is 3. The van der Waals surface area contributed by atoms with Crippen molar-refractivity contribution in [3.8, 4) is 0 Å². The maximum Gasteiger partial charge on any atom is 0.329 e. The van der Waals surface area contributed by atoms with Crippen molar-refractivity contribution in [1.29, 1.82) is 0 Å². The van der Waals surface area contributed by atoms with Gasteiger partial charge in [0.05, 0.1) is 6.10 Å². The van der Waals surface area contributed by atoms with Gasteiger partial charge in [0.15, 0.2) is 18.5 Å². The smallest absolute Gasteiger partial charge is 0.329 e. The Balaban J connectivity index is 2.63. The first-order valence-electron chi connectivity index (χ1n) is 17.2.